The lowest BCUT2D eigenvalue weighted by Crippen LogP contribution is -2.52. The Morgan fingerprint density at radius 3 is 1.47 bits per heavy atom. The Labute approximate surface area is 276 Å². The maximum absolute atomic E-state index is 6.09. The van der Waals surface area contributed by atoms with Gasteiger partial charge in [0.05, 0.1) is 20.8 Å². The Bertz CT molecular complexity index is 1660. The van der Waals surface area contributed by atoms with Crippen molar-refractivity contribution in [3.8, 4) is 35.0 Å². The first-order chi connectivity index (χ1) is 22.9. The third-order valence-electron chi connectivity index (χ3n) is 9.19. The molecule has 6 rings (SSSR count). The summed E-state index contributed by atoms with van der Waals surface area (Å²) in [6.45, 7) is 0.385. The van der Waals surface area contributed by atoms with Gasteiger partial charge in [-0.15, -0.1) is 4.98 Å². The highest BCUT2D eigenvalue weighted by atomic mass is 16.5. The van der Waals surface area contributed by atoms with E-state index in [4.69, 9.17) is 28.9 Å². The molecule has 4 aromatic carbocycles. The van der Waals surface area contributed by atoms with Crippen molar-refractivity contribution >= 4 is 0 Å². The quantitative estimate of drug-likeness (QED) is 0.150. The molecule has 0 unspecified atom stereocenters. The van der Waals surface area contributed by atoms with Crippen LogP contribution in [0.25, 0.3) is 0 Å². The van der Waals surface area contributed by atoms with Gasteiger partial charge >= 0.3 is 12.0 Å². The van der Waals surface area contributed by atoms with E-state index >= 15 is 0 Å². The number of hydrogen-bond donors (Lipinski definition) is 1. The van der Waals surface area contributed by atoms with Crippen LogP contribution in [0.1, 0.15) is 42.6 Å². The number of hydrogen-bond acceptors (Lipinski definition) is 9. The summed E-state index contributed by atoms with van der Waals surface area (Å²) in [6.07, 6.45) is 3.83. The van der Waals surface area contributed by atoms with E-state index in [2.05, 4.69) is 90.0 Å². The van der Waals surface area contributed by atoms with E-state index in [1.165, 1.54) is 11.1 Å². The van der Waals surface area contributed by atoms with Gasteiger partial charge in [-0.2, -0.15) is 9.97 Å². The van der Waals surface area contributed by atoms with Gasteiger partial charge in [-0.25, -0.2) is 0 Å². The van der Waals surface area contributed by atoms with Crippen LogP contribution >= 0.6 is 0 Å². The summed E-state index contributed by atoms with van der Waals surface area (Å²) in [4.78, 5) is 16.3. The minimum atomic E-state index is -0.282. The summed E-state index contributed by atoms with van der Waals surface area (Å²) in [5, 5.41) is 3.89. The van der Waals surface area contributed by atoms with Gasteiger partial charge < -0.3 is 24.3 Å². The average Bonchev–Trinajstić information content (AvgIpc) is 3.12. The van der Waals surface area contributed by atoms with Crippen molar-refractivity contribution in [3.63, 3.8) is 0 Å². The minimum Gasteiger partial charge on any atom is -0.497 e. The summed E-state index contributed by atoms with van der Waals surface area (Å²) >= 11 is 0. The van der Waals surface area contributed by atoms with E-state index in [0.717, 1.165) is 37.2 Å². The zero-order chi connectivity index (χ0) is 32.7. The summed E-state index contributed by atoms with van der Waals surface area (Å²) in [5.41, 5.74) is 2.27. The Hall–Kier alpha value is -4.99. The van der Waals surface area contributed by atoms with Crippen LogP contribution in [0.3, 0.4) is 0 Å². The van der Waals surface area contributed by atoms with Gasteiger partial charge in [-0.05, 0) is 99.4 Å². The molecule has 0 spiro atoms. The van der Waals surface area contributed by atoms with Crippen LogP contribution in [0.4, 0.5) is 0 Å². The molecule has 1 N–H and O–H groups in total. The molecule has 0 aliphatic heterocycles. The summed E-state index contributed by atoms with van der Waals surface area (Å²) in [7, 11) is 7.63. The molecule has 5 aromatic rings. The third-order valence-corrected chi connectivity index (χ3v) is 9.19. The zero-order valence-electron chi connectivity index (χ0n) is 27.3. The van der Waals surface area contributed by atoms with E-state index < -0.39 is 0 Å². The minimum absolute atomic E-state index is 0.0485. The first-order valence-corrected chi connectivity index (χ1v) is 15.8. The predicted molar refractivity (Wildman–Crippen MR) is 181 cm³/mol. The Morgan fingerprint density at radius 1 is 0.574 bits per heavy atom. The molecule has 1 fully saturated rings. The molecular formula is C38H41N5O4. The molecule has 0 bridgehead atoms. The number of aromatic nitrogens is 3. The molecule has 0 atom stereocenters. The molecule has 1 aliphatic carbocycles. The van der Waals surface area contributed by atoms with Crippen LogP contribution in [0, 0.1) is 0 Å². The number of nitrogens with one attached hydrogen (secondary N) is 1. The molecular weight excluding hydrogens is 590 g/mol. The highest BCUT2D eigenvalue weighted by Crippen LogP contribution is 2.48. The first kappa shape index (κ1) is 32.0. The van der Waals surface area contributed by atoms with E-state index in [0.29, 0.717) is 23.9 Å². The Morgan fingerprint density at radius 2 is 1.02 bits per heavy atom. The van der Waals surface area contributed by atoms with E-state index in [1.807, 2.05) is 24.3 Å². The standard InChI is InChI=1S/C38H41N5O4/c1-43(2)38(29-13-9-6-10-14-29)25-23-37(24-26-38,28-11-7-5-8-12-28)39-27-34-40-35(46-32-19-15-30(44-3)16-20-32)42-36(41-34)47-33-21-17-31(45-4)18-22-33/h5-22,39H,23-27H2,1-4H3. The van der Waals surface area contributed by atoms with Crippen LogP contribution in [0.15, 0.2) is 109 Å². The molecule has 0 saturated heterocycles. The van der Waals surface area contributed by atoms with E-state index in [-0.39, 0.29) is 23.1 Å². The molecule has 1 saturated carbocycles. The molecule has 0 amide bonds. The van der Waals surface area contributed by atoms with Gasteiger partial charge in [-0.3, -0.25) is 4.90 Å². The monoisotopic (exact) mass is 631 g/mol. The van der Waals surface area contributed by atoms with Crippen LogP contribution in [0.2, 0.25) is 0 Å². The lowest BCUT2D eigenvalue weighted by molar-refractivity contribution is 0.0521. The number of ether oxygens (including phenoxy) is 4. The predicted octanol–water partition coefficient (Wildman–Crippen LogP) is 7.49. The number of benzene rings is 4. The SMILES string of the molecule is COc1ccc(Oc2nc(CNC3(c4ccccc4)CCC(c4ccccc4)(N(C)C)CC3)nc(Oc3ccc(OC)cc3)n2)cc1. The average molecular weight is 632 g/mol. The van der Waals surface area contributed by atoms with Crippen molar-refractivity contribution in [2.75, 3.05) is 28.3 Å². The second kappa shape index (κ2) is 14.2. The second-order valence-corrected chi connectivity index (χ2v) is 12.0. The Kier molecular flexibility index (Phi) is 9.65. The molecule has 1 aliphatic rings. The van der Waals surface area contributed by atoms with Crippen molar-refractivity contribution in [2.24, 2.45) is 0 Å². The van der Waals surface area contributed by atoms with Crippen molar-refractivity contribution in [1.82, 2.24) is 25.2 Å². The summed E-state index contributed by atoms with van der Waals surface area (Å²) in [5.74, 6) is 3.10. The molecule has 1 aromatic heterocycles. The molecule has 1 heterocycles. The van der Waals surface area contributed by atoms with Gasteiger partial charge in [0.2, 0.25) is 0 Å². The van der Waals surface area contributed by atoms with Gasteiger partial charge in [-0.1, -0.05) is 60.7 Å². The molecule has 47 heavy (non-hydrogen) atoms. The van der Waals surface area contributed by atoms with Gasteiger partial charge in [0, 0.05) is 11.1 Å². The lowest BCUT2D eigenvalue weighted by Gasteiger charge is -2.50. The van der Waals surface area contributed by atoms with Crippen molar-refractivity contribution in [2.45, 2.75) is 43.3 Å². The van der Waals surface area contributed by atoms with Gasteiger partial charge in [0.1, 0.15) is 23.0 Å². The molecule has 0 radical (unpaired) electrons. The summed E-state index contributed by atoms with van der Waals surface area (Å²) < 4.78 is 22.8. The molecule has 242 valence electrons. The molecule has 9 nitrogen and oxygen atoms in total. The zero-order valence-corrected chi connectivity index (χ0v) is 27.3. The highest BCUT2D eigenvalue weighted by molar-refractivity contribution is 5.35. The molecule has 9 heteroatoms. The van der Waals surface area contributed by atoms with Crippen LogP contribution < -0.4 is 24.3 Å². The maximum atomic E-state index is 6.09. The fourth-order valence-electron chi connectivity index (χ4n) is 6.45. The largest absolute Gasteiger partial charge is 0.497 e. The maximum Gasteiger partial charge on any atom is 0.328 e. The van der Waals surface area contributed by atoms with Crippen LogP contribution in [-0.2, 0) is 17.6 Å². The number of methoxy groups -OCH3 is 2. The van der Waals surface area contributed by atoms with Crippen LogP contribution in [0.5, 0.6) is 35.0 Å². The first-order valence-electron chi connectivity index (χ1n) is 15.8. The highest BCUT2D eigenvalue weighted by Gasteiger charge is 2.45. The smallest absolute Gasteiger partial charge is 0.328 e. The fraction of sp³-hybridized carbons (Fsp3) is 0.289. The topological polar surface area (TPSA) is 90.9 Å². The second-order valence-electron chi connectivity index (χ2n) is 12.0. The van der Waals surface area contributed by atoms with Crippen molar-refractivity contribution in [1.29, 1.82) is 0 Å². The number of rotatable bonds is 12. The lowest BCUT2D eigenvalue weighted by atomic mass is 9.66. The van der Waals surface area contributed by atoms with Gasteiger partial charge in [0.15, 0.2) is 5.82 Å². The van der Waals surface area contributed by atoms with Crippen LogP contribution in [-0.4, -0.2) is 48.2 Å². The fourth-order valence-corrected chi connectivity index (χ4v) is 6.45. The van der Waals surface area contributed by atoms with Crippen molar-refractivity contribution in [3.05, 3.63) is 126 Å². The van der Waals surface area contributed by atoms with E-state index in [9.17, 15) is 0 Å². The third kappa shape index (κ3) is 7.21. The number of nitrogens with zero attached hydrogens (tertiary/aromatic N) is 4. The normalized spacial score (nSPS) is 19.3. The van der Waals surface area contributed by atoms with Crippen molar-refractivity contribution < 1.29 is 18.9 Å². The Balaban J connectivity index is 1.29. The summed E-state index contributed by atoms with van der Waals surface area (Å²) in [6, 6.07) is 36.3. The van der Waals surface area contributed by atoms with Gasteiger partial charge in [0.25, 0.3) is 0 Å². The van der Waals surface area contributed by atoms with E-state index in [1.54, 1.807) is 38.5 Å².